The van der Waals surface area contributed by atoms with Gasteiger partial charge >= 0.3 is 0 Å². The molecular formula is C6H13NOS2. The number of carbonyl (C=O) groups excluding carboxylic acids is 1. The number of hydrogen-bond donors (Lipinski definition) is 2. The molecule has 2 nitrogen and oxygen atoms in total. The fraction of sp³-hybridized carbons (Fsp3) is 0.833. The van der Waals surface area contributed by atoms with Crippen LogP contribution in [0, 0.1) is 0 Å². The van der Waals surface area contributed by atoms with Crippen molar-refractivity contribution in [3.05, 3.63) is 0 Å². The molecule has 0 aliphatic carbocycles. The second kappa shape index (κ2) is 7.28. The summed E-state index contributed by atoms with van der Waals surface area (Å²) >= 11 is 5.61. The Labute approximate surface area is 71.6 Å². The van der Waals surface area contributed by atoms with Gasteiger partial charge in [0.2, 0.25) is 5.91 Å². The predicted molar refractivity (Wildman–Crippen MR) is 49.9 cm³/mol. The lowest BCUT2D eigenvalue weighted by atomic mass is 10.5. The Bertz CT molecular complexity index is 97.7. The summed E-state index contributed by atoms with van der Waals surface area (Å²) in [7, 11) is 0. The van der Waals surface area contributed by atoms with E-state index in [1.165, 1.54) is 0 Å². The van der Waals surface area contributed by atoms with Crippen molar-refractivity contribution in [2.24, 2.45) is 0 Å². The van der Waals surface area contributed by atoms with Crippen molar-refractivity contribution >= 4 is 30.3 Å². The number of carbonyl (C=O) groups is 1. The van der Waals surface area contributed by atoms with E-state index in [0.29, 0.717) is 5.75 Å². The summed E-state index contributed by atoms with van der Waals surface area (Å²) in [6.45, 7) is 0.778. The van der Waals surface area contributed by atoms with Crippen LogP contribution in [0.5, 0.6) is 0 Å². The third-order valence-electron chi connectivity index (χ3n) is 0.991. The maximum atomic E-state index is 10.6. The molecule has 10 heavy (non-hydrogen) atoms. The van der Waals surface area contributed by atoms with Crippen LogP contribution >= 0.6 is 24.4 Å². The van der Waals surface area contributed by atoms with Crippen molar-refractivity contribution in [1.82, 2.24) is 5.32 Å². The number of amides is 1. The maximum absolute atomic E-state index is 10.6. The smallest absolute Gasteiger partial charge is 0.229 e. The van der Waals surface area contributed by atoms with E-state index in [4.69, 9.17) is 0 Å². The molecule has 0 saturated heterocycles. The van der Waals surface area contributed by atoms with E-state index in [1.54, 1.807) is 11.8 Å². The van der Waals surface area contributed by atoms with Crippen LogP contribution in [0.1, 0.15) is 6.42 Å². The third kappa shape index (κ3) is 6.29. The lowest BCUT2D eigenvalue weighted by molar-refractivity contribution is -0.118. The molecular weight excluding hydrogens is 166 g/mol. The fourth-order valence-corrected chi connectivity index (χ4v) is 1.05. The van der Waals surface area contributed by atoms with E-state index in [-0.39, 0.29) is 5.91 Å². The number of nitrogens with one attached hydrogen (secondary N) is 1. The van der Waals surface area contributed by atoms with E-state index in [9.17, 15) is 4.79 Å². The monoisotopic (exact) mass is 179 g/mol. The third-order valence-corrected chi connectivity index (χ3v) is 1.98. The molecule has 0 aromatic rings. The number of rotatable bonds is 5. The summed E-state index contributed by atoms with van der Waals surface area (Å²) in [5.41, 5.74) is 0. The summed E-state index contributed by atoms with van der Waals surface area (Å²) in [6, 6.07) is 0. The molecule has 0 aliphatic rings. The Morgan fingerprint density at radius 2 is 2.40 bits per heavy atom. The molecule has 0 aromatic heterocycles. The fourth-order valence-electron chi connectivity index (χ4n) is 0.500. The average molecular weight is 179 g/mol. The van der Waals surface area contributed by atoms with Crippen molar-refractivity contribution in [3.8, 4) is 0 Å². The van der Waals surface area contributed by atoms with Gasteiger partial charge in [0.25, 0.3) is 0 Å². The summed E-state index contributed by atoms with van der Waals surface area (Å²) in [5, 5.41) is 2.74. The van der Waals surface area contributed by atoms with Crippen LogP contribution in [-0.4, -0.2) is 30.2 Å². The lowest BCUT2D eigenvalue weighted by Crippen LogP contribution is -2.25. The summed E-state index contributed by atoms with van der Waals surface area (Å²) in [4.78, 5) is 10.6. The molecule has 0 heterocycles. The van der Waals surface area contributed by atoms with Gasteiger partial charge in [-0.3, -0.25) is 4.79 Å². The van der Waals surface area contributed by atoms with Crippen molar-refractivity contribution < 1.29 is 4.79 Å². The first kappa shape index (κ1) is 10.2. The molecule has 0 fully saturated rings. The van der Waals surface area contributed by atoms with E-state index >= 15 is 0 Å². The number of thiol groups is 1. The van der Waals surface area contributed by atoms with E-state index in [1.807, 2.05) is 0 Å². The first-order chi connectivity index (χ1) is 4.81. The minimum absolute atomic E-state index is 0.0180. The second-order valence-electron chi connectivity index (χ2n) is 1.85. The molecule has 60 valence electrons. The Morgan fingerprint density at radius 1 is 1.70 bits per heavy atom. The normalized spacial score (nSPS) is 9.40. The lowest BCUT2D eigenvalue weighted by Gasteiger charge is -2.00. The van der Waals surface area contributed by atoms with Gasteiger partial charge < -0.3 is 5.32 Å². The predicted octanol–water partition coefficient (Wildman–Crippen LogP) is 0.785. The van der Waals surface area contributed by atoms with Gasteiger partial charge in [-0.25, -0.2) is 0 Å². The zero-order valence-electron chi connectivity index (χ0n) is 6.09. The summed E-state index contributed by atoms with van der Waals surface area (Å²) < 4.78 is 0. The highest BCUT2D eigenvalue weighted by Crippen LogP contribution is 1.92. The first-order valence-electron chi connectivity index (χ1n) is 3.17. The molecule has 0 atom stereocenters. The SMILES string of the molecule is CSCCCNC(=O)CS. The van der Waals surface area contributed by atoms with E-state index in [2.05, 4.69) is 24.2 Å². The van der Waals surface area contributed by atoms with Crippen LogP contribution in [0.4, 0.5) is 0 Å². The van der Waals surface area contributed by atoms with Crippen molar-refractivity contribution in [2.75, 3.05) is 24.3 Å². The molecule has 0 aliphatic heterocycles. The zero-order chi connectivity index (χ0) is 7.82. The summed E-state index contributed by atoms with van der Waals surface area (Å²) in [5.74, 6) is 1.41. The molecule has 4 heteroatoms. The Kier molecular flexibility index (Phi) is 7.40. The van der Waals surface area contributed by atoms with Crippen LogP contribution in [-0.2, 0) is 4.79 Å². The van der Waals surface area contributed by atoms with Gasteiger partial charge in [-0.05, 0) is 18.4 Å². The Balaban J connectivity index is 2.96. The topological polar surface area (TPSA) is 29.1 Å². The minimum atomic E-state index is 0.0180. The van der Waals surface area contributed by atoms with Gasteiger partial charge in [0.05, 0.1) is 5.75 Å². The molecule has 0 radical (unpaired) electrons. The van der Waals surface area contributed by atoms with Gasteiger partial charge in [0.15, 0.2) is 0 Å². The molecule has 0 unspecified atom stereocenters. The molecule has 0 saturated carbocycles. The van der Waals surface area contributed by atoms with Gasteiger partial charge in [-0.2, -0.15) is 24.4 Å². The molecule has 0 bridgehead atoms. The highest BCUT2D eigenvalue weighted by molar-refractivity contribution is 7.98. The Hall–Kier alpha value is 0.170. The molecule has 0 aromatic carbocycles. The zero-order valence-corrected chi connectivity index (χ0v) is 7.80. The molecule has 0 rings (SSSR count). The van der Waals surface area contributed by atoms with Gasteiger partial charge in [-0.15, -0.1) is 0 Å². The maximum Gasteiger partial charge on any atom is 0.229 e. The van der Waals surface area contributed by atoms with Crippen molar-refractivity contribution in [2.45, 2.75) is 6.42 Å². The first-order valence-corrected chi connectivity index (χ1v) is 5.20. The van der Waals surface area contributed by atoms with Crippen LogP contribution in [0.25, 0.3) is 0 Å². The highest BCUT2D eigenvalue weighted by Gasteiger charge is 1.93. The summed E-state index contributed by atoms with van der Waals surface area (Å²) in [6.07, 6.45) is 3.10. The van der Waals surface area contributed by atoms with Crippen LogP contribution < -0.4 is 5.32 Å². The van der Waals surface area contributed by atoms with E-state index in [0.717, 1.165) is 18.7 Å². The van der Waals surface area contributed by atoms with E-state index < -0.39 is 0 Å². The molecule has 1 amide bonds. The largest absolute Gasteiger partial charge is 0.355 e. The standard InChI is InChI=1S/C6H13NOS2/c1-10-4-2-3-7-6(8)5-9/h9H,2-5H2,1H3,(H,7,8). The minimum Gasteiger partial charge on any atom is -0.355 e. The number of hydrogen-bond acceptors (Lipinski definition) is 3. The average Bonchev–Trinajstić information content (AvgIpc) is 1.98. The molecule has 0 spiro atoms. The van der Waals surface area contributed by atoms with Crippen LogP contribution in [0.15, 0.2) is 0 Å². The molecule has 1 N–H and O–H groups in total. The second-order valence-corrected chi connectivity index (χ2v) is 3.16. The Morgan fingerprint density at radius 3 is 2.90 bits per heavy atom. The van der Waals surface area contributed by atoms with Crippen molar-refractivity contribution in [3.63, 3.8) is 0 Å². The van der Waals surface area contributed by atoms with Crippen LogP contribution in [0.3, 0.4) is 0 Å². The van der Waals surface area contributed by atoms with Gasteiger partial charge in [0.1, 0.15) is 0 Å². The highest BCUT2D eigenvalue weighted by atomic mass is 32.2. The number of thioether (sulfide) groups is 1. The van der Waals surface area contributed by atoms with Gasteiger partial charge in [-0.1, -0.05) is 0 Å². The van der Waals surface area contributed by atoms with Crippen LogP contribution in [0.2, 0.25) is 0 Å². The van der Waals surface area contributed by atoms with Crippen molar-refractivity contribution in [1.29, 1.82) is 0 Å². The quantitative estimate of drug-likeness (QED) is 0.482. The van der Waals surface area contributed by atoms with Gasteiger partial charge in [0, 0.05) is 6.54 Å².